The van der Waals surface area contributed by atoms with Crippen LogP contribution in [0.15, 0.2) is 79.1 Å². The van der Waals surface area contributed by atoms with Crippen LogP contribution in [-0.4, -0.2) is 32.2 Å². The van der Waals surface area contributed by atoms with Crippen LogP contribution < -0.4 is 10.1 Å². The van der Waals surface area contributed by atoms with Gasteiger partial charge in [0.1, 0.15) is 12.4 Å². The Bertz CT molecular complexity index is 1220. The Morgan fingerprint density at radius 2 is 1.91 bits per heavy atom. The molecule has 0 aliphatic heterocycles. The van der Waals surface area contributed by atoms with Crippen LogP contribution >= 0.6 is 0 Å². The number of hydrogen-bond donors (Lipinski definition) is 3. The van der Waals surface area contributed by atoms with Crippen LogP contribution in [0.4, 0.5) is 0 Å². The number of carboxylic acid groups (broad SMARTS) is 1. The number of pyridine rings is 1. The van der Waals surface area contributed by atoms with Crippen LogP contribution in [0.2, 0.25) is 0 Å². The molecule has 4 rings (SSSR count). The topological polar surface area (TPSA) is 117 Å². The summed E-state index contributed by atoms with van der Waals surface area (Å²) in [5.41, 5.74) is 3.58. The molecule has 0 fully saturated rings. The highest BCUT2D eigenvalue weighted by atomic mass is 16.5. The number of ether oxygens (including phenoxy) is 1. The first-order valence-corrected chi connectivity index (χ1v) is 9.87. The van der Waals surface area contributed by atoms with E-state index in [1.54, 1.807) is 48.8 Å². The molecule has 32 heavy (non-hydrogen) atoms. The fourth-order valence-electron chi connectivity index (χ4n) is 3.15. The van der Waals surface area contributed by atoms with Crippen LogP contribution in [0.5, 0.6) is 5.75 Å². The number of nitrogens with one attached hydrogen (secondary N) is 2. The second-order valence-electron chi connectivity index (χ2n) is 6.98. The number of hydrogen-bond acceptors (Lipinski definition) is 5. The summed E-state index contributed by atoms with van der Waals surface area (Å²) < 4.78 is 5.79. The van der Waals surface area contributed by atoms with Crippen molar-refractivity contribution in [2.75, 3.05) is 0 Å². The Hall–Kier alpha value is -4.46. The number of carboxylic acids is 1. The van der Waals surface area contributed by atoms with Crippen LogP contribution in [0.25, 0.3) is 11.4 Å². The number of aromatic nitrogens is 3. The van der Waals surface area contributed by atoms with E-state index < -0.39 is 5.97 Å². The lowest BCUT2D eigenvalue weighted by Crippen LogP contribution is -2.24. The molecule has 160 valence electrons. The molecule has 8 nitrogen and oxygen atoms in total. The fourth-order valence-corrected chi connectivity index (χ4v) is 3.15. The Balaban J connectivity index is 1.36. The zero-order chi connectivity index (χ0) is 22.3. The van der Waals surface area contributed by atoms with Crippen molar-refractivity contribution in [1.82, 2.24) is 20.5 Å². The van der Waals surface area contributed by atoms with E-state index in [4.69, 9.17) is 4.74 Å². The Labute approximate surface area is 183 Å². The predicted octanol–water partition coefficient (Wildman–Crippen LogP) is 3.68. The highest BCUT2D eigenvalue weighted by Gasteiger charge is 2.11. The number of carbonyl (C=O) groups excluding carboxylic acids is 1. The van der Waals surface area contributed by atoms with Crippen molar-refractivity contribution in [3.63, 3.8) is 0 Å². The minimum atomic E-state index is -1.03. The van der Waals surface area contributed by atoms with Gasteiger partial charge in [-0.2, -0.15) is 5.10 Å². The molecule has 2 aromatic carbocycles. The molecule has 0 aliphatic rings. The Kier molecular flexibility index (Phi) is 6.22. The second-order valence-corrected chi connectivity index (χ2v) is 6.98. The number of rotatable bonds is 8. The summed E-state index contributed by atoms with van der Waals surface area (Å²) in [6.45, 7) is 0.393. The minimum Gasteiger partial charge on any atom is -0.487 e. The molecule has 4 aromatic rings. The molecule has 8 heteroatoms. The van der Waals surface area contributed by atoms with Crippen LogP contribution in [0.1, 0.15) is 31.8 Å². The lowest BCUT2D eigenvalue weighted by atomic mass is 10.1. The molecule has 0 atom stereocenters. The fraction of sp³-hybridized carbons (Fsp3) is 0.0833. The quantitative estimate of drug-likeness (QED) is 0.394. The molecule has 2 heterocycles. The summed E-state index contributed by atoms with van der Waals surface area (Å²) in [6, 6.07) is 19.1. The number of amides is 1. The second kappa shape index (κ2) is 9.57. The van der Waals surface area contributed by atoms with Gasteiger partial charge in [0.15, 0.2) is 0 Å². The summed E-state index contributed by atoms with van der Waals surface area (Å²) in [6.07, 6.45) is 3.29. The zero-order valence-corrected chi connectivity index (χ0v) is 17.0. The van der Waals surface area contributed by atoms with Gasteiger partial charge in [0.05, 0.1) is 23.1 Å². The van der Waals surface area contributed by atoms with Gasteiger partial charge < -0.3 is 15.2 Å². The third-order valence-electron chi connectivity index (χ3n) is 4.79. The van der Waals surface area contributed by atoms with Crippen LogP contribution in [0.3, 0.4) is 0 Å². The predicted molar refractivity (Wildman–Crippen MR) is 117 cm³/mol. The third kappa shape index (κ3) is 4.99. The van der Waals surface area contributed by atoms with Gasteiger partial charge in [-0.05, 0) is 47.5 Å². The number of nitrogens with zero attached hydrogens (tertiary/aromatic N) is 2. The SMILES string of the molecule is O=C(NCc1ccccc1C(=O)O)c1cccc(COc2ccc(-c3ccn[nH]3)nc2)c1. The molecule has 0 radical (unpaired) electrons. The lowest BCUT2D eigenvalue weighted by Gasteiger charge is -2.10. The first-order valence-electron chi connectivity index (χ1n) is 9.87. The molecule has 0 bridgehead atoms. The average Bonchev–Trinajstić information content (AvgIpc) is 3.37. The van der Waals surface area contributed by atoms with E-state index in [0.29, 0.717) is 16.9 Å². The largest absolute Gasteiger partial charge is 0.487 e. The van der Waals surface area contributed by atoms with Crippen molar-refractivity contribution in [3.05, 3.63) is 101 Å². The highest BCUT2D eigenvalue weighted by Crippen LogP contribution is 2.18. The van der Waals surface area contributed by atoms with E-state index in [1.165, 1.54) is 6.07 Å². The van der Waals surface area contributed by atoms with Gasteiger partial charge in [-0.25, -0.2) is 4.79 Å². The first kappa shape index (κ1) is 20.8. The van der Waals surface area contributed by atoms with Gasteiger partial charge in [0.25, 0.3) is 5.91 Å². The maximum atomic E-state index is 12.6. The van der Waals surface area contributed by atoms with Gasteiger partial charge in [-0.1, -0.05) is 30.3 Å². The van der Waals surface area contributed by atoms with E-state index in [9.17, 15) is 14.7 Å². The van der Waals surface area contributed by atoms with Crippen molar-refractivity contribution in [3.8, 4) is 17.1 Å². The summed E-state index contributed by atoms with van der Waals surface area (Å²) in [5, 5.41) is 18.8. The number of H-pyrrole nitrogens is 1. The van der Waals surface area contributed by atoms with Crippen LogP contribution in [0, 0.1) is 0 Å². The normalized spacial score (nSPS) is 10.5. The molecule has 0 saturated heterocycles. The third-order valence-corrected chi connectivity index (χ3v) is 4.79. The molecule has 2 aromatic heterocycles. The van der Waals surface area contributed by atoms with E-state index in [2.05, 4.69) is 20.5 Å². The van der Waals surface area contributed by atoms with Crippen molar-refractivity contribution in [2.24, 2.45) is 0 Å². The lowest BCUT2D eigenvalue weighted by molar-refractivity contribution is 0.0694. The monoisotopic (exact) mass is 428 g/mol. The van der Waals surface area contributed by atoms with E-state index in [-0.39, 0.29) is 24.6 Å². The van der Waals surface area contributed by atoms with Crippen molar-refractivity contribution in [2.45, 2.75) is 13.2 Å². The molecular weight excluding hydrogens is 408 g/mol. The minimum absolute atomic E-state index is 0.121. The molecule has 0 spiro atoms. The summed E-state index contributed by atoms with van der Waals surface area (Å²) in [7, 11) is 0. The Morgan fingerprint density at radius 1 is 1.03 bits per heavy atom. The molecule has 0 unspecified atom stereocenters. The van der Waals surface area contributed by atoms with E-state index >= 15 is 0 Å². The van der Waals surface area contributed by atoms with Crippen molar-refractivity contribution in [1.29, 1.82) is 0 Å². The van der Waals surface area contributed by atoms with Crippen molar-refractivity contribution >= 4 is 11.9 Å². The van der Waals surface area contributed by atoms with E-state index in [1.807, 2.05) is 24.3 Å². The molecule has 3 N–H and O–H groups in total. The molecule has 0 saturated carbocycles. The average molecular weight is 428 g/mol. The smallest absolute Gasteiger partial charge is 0.336 e. The van der Waals surface area contributed by atoms with Gasteiger partial charge in [-0.15, -0.1) is 0 Å². The number of carbonyl (C=O) groups is 2. The Morgan fingerprint density at radius 3 is 2.66 bits per heavy atom. The summed E-state index contributed by atoms with van der Waals surface area (Å²) in [5.74, 6) is -0.716. The van der Waals surface area contributed by atoms with Gasteiger partial charge in [0.2, 0.25) is 0 Å². The summed E-state index contributed by atoms with van der Waals surface area (Å²) in [4.78, 5) is 28.2. The van der Waals surface area contributed by atoms with Crippen molar-refractivity contribution < 1.29 is 19.4 Å². The van der Waals surface area contributed by atoms with Gasteiger partial charge in [-0.3, -0.25) is 14.9 Å². The number of aromatic amines is 1. The van der Waals surface area contributed by atoms with Crippen LogP contribution in [-0.2, 0) is 13.2 Å². The van der Waals surface area contributed by atoms with Gasteiger partial charge in [0, 0.05) is 18.3 Å². The van der Waals surface area contributed by atoms with E-state index in [0.717, 1.165) is 17.0 Å². The summed E-state index contributed by atoms with van der Waals surface area (Å²) >= 11 is 0. The van der Waals surface area contributed by atoms with Gasteiger partial charge >= 0.3 is 5.97 Å². The zero-order valence-electron chi connectivity index (χ0n) is 17.0. The molecular formula is C24H20N4O4. The molecule has 0 aliphatic carbocycles. The maximum absolute atomic E-state index is 12.6. The maximum Gasteiger partial charge on any atom is 0.336 e. The standard InChI is InChI=1S/C24H20N4O4/c29-23(26-13-18-5-1-2-7-20(18)24(30)31)17-6-3-4-16(12-17)15-32-19-8-9-21(25-14-19)22-10-11-27-28-22/h1-12,14H,13,15H2,(H,26,29)(H,27,28)(H,30,31). The number of benzene rings is 2. The number of aromatic carboxylic acids is 1. The highest BCUT2D eigenvalue weighted by molar-refractivity contribution is 5.94. The molecule has 1 amide bonds. The first-order chi connectivity index (χ1) is 15.6.